The lowest BCUT2D eigenvalue weighted by Crippen LogP contribution is -2.27. The number of thioether (sulfide) groups is 1. The molecule has 1 amide bonds. The van der Waals surface area contributed by atoms with Crippen LogP contribution in [0.5, 0.6) is 0 Å². The van der Waals surface area contributed by atoms with Crippen molar-refractivity contribution < 1.29 is 9.53 Å². The number of halogens is 2. The lowest BCUT2D eigenvalue weighted by Gasteiger charge is -2.13. The van der Waals surface area contributed by atoms with Gasteiger partial charge in [0.2, 0.25) is 5.91 Å². The molecule has 3 rings (SSSR count). The highest BCUT2D eigenvalue weighted by atomic mass is 35.5. The zero-order valence-corrected chi connectivity index (χ0v) is 18.7. The Morgan fingerprint density at radius 1 is 1.17 bits per heavy atom. The molecule has 0 bridgehead atoms. The van der Waals surface area contributed by atoms with Gasteiger partial charge in [0.05, 0.1) is 16.7 Å². The SMILES string of the molecule is COCCCn1c(SCC(=O)NCc2ccc(Cl)cc2)nc2cc(Cl)ccc2c1=O. The minimum absolute atomic E-state index is 0.135. The first kappa shape index (κ1) is 22.6. The van der Waals surface area contributed by atoms with Crippen molar-refractivity contribution in [1.29, 1.82) is 0 Å². The fourth-order valence-corrected chi connectivity index (χ4v) is 3.98. The van der Waals surface area contributed by atoms with Crippen LogP contribution >= 0.6 is 35.0 Å². The Morgan fingerprint density at radius 3 is 2.63 bits per heavy atom. The van der Waals surface area contributed by atoms with E-state index in [4.69, 9.17) is 27.9 Å². The van der Waals surface area contributed by atoms with Crippen LogP contribution in [0.3, 0.4) is 0 Å². The molecule has 0 aliphatic heterocycles. The number of amides is 1. The van der Waals surface area contributed by atoms with Crippen LogP contribution < -0.4 is 10.9 Å². The van der Waals surface area contributed by atoms with Gasteiger partial charge in [-0.3, -0.25) is 14.2 Å². The standard InChI is InChI=1S/C21H21Cl2N3O3S/c1-29-10-2-9-26-20(28)17-8-7-16(23)11-18(17)25-21(26)30-13-19(27)24-12-14-3-5-15(22)6-4-14/h3-8,11H,2,9-10,12-13H2,1H3,(H,24,27). The number of carbonyl (C=O) groups excluding carboxylic acids is 1. The average Bonchev–Trinajstić information content (AvgIpc) is 2.73. The molecule has 1 heterocycles. The van der Waals surface area contributed by atoms with Gasteiger partial charge in [-0.1, -0.05) is 47.1 Å². The van der Waals surface area contributed by atoms with Gasteiger partial charge >= 0.3 is 0 Å². The van der Waals surface area contributed by atoms with E-state index in [2.05, 4.69) is 10.3 Å². The van der Waals surface area contributed by atoms with Crippen LogP contribution in [0.2, 0.25) is 10.0 Å². The molecule has 3 aromatic rings. The number of aromatic nitrogens is 2. The Balaban J connectivity index is 1.74. The number of hydrogen-bond acceptors (Lipinski definition) is 5. The van der Waals surface area contributed by atoms with Crippen LogP contribution in [0, 0.1) is 0 Å². The highest BCUT2D eigenvalue weighted by Crippen LogP contribution is 2.21. The number of nitrogens with zero attached hydrogens (tertiary/aromatic N) is 2. The van der Waals surface area contributed by atoms with Crippen LogP contribution in [-0.4, -0.2) is 34.9 Å². The number of nitrogens with one attached hydrogen (secondary N) is 1. The summed E-state index contributed by atoms with van der Waals surface area (Å²) in [6.07, 6.45) is 0.660. The number of fused-ring (bicyclic) bond motifs is 1. The molecule has 0 saturated carbocycles. The molecule has 0 unspecified atom stereocenters. The maximum atomic E-state index is 13.0. The number of hydrogen-bond donors (Lipinski definition) is 1. The summed E-state index contributed by atoms with van der Waals surface area (Å²) in [7, 11) is 1.62. The number of ether oxygens (including phenoxy) is 1. The molecule has 0 saturated heterocycles. The molecule has 2 aromatic carbocycles. The van der Waals surface area contributed by atoms with Gasteiger partial charge in [0.25, 0.3) is 5.56 Å². The van der Waals surface area contributed by atoms with E-state index in [-0.39, 0.29) is 17.2 Å². The maximum absolute atomic E-state index is 13.0. The Morgan fingerprint density at radius 2 is 1.90 bits per heavy atom. The topological polar surface area (TPSA) is 73.2 Å². The molecular formula is C21H21Cl2N3O3S. The van der Waals surface area contributed by atoms with Crippen molar-refractivity contribution in [1.82, 2.24) is 14.9 Å². The second kappa shape index (κ2) is 10.8. The summed E-state index contributed by atoms with van der Waals surface area (Å²) in [6, 6.07) is 12.3. The van der Waals surface area contributed by atoms with E-state index in [0.717, 1.165) is 5.56 Å². The summed E-state index contributed by atoms with van der Waals surface area (Å²) >= 11 is 13.2. The molecule has 30 heavy (non-hydrogen) atoms. The number of methoxy groups -OCH3 is 1. The van der Waals surface area contributed by atoms with E-state index < -0.39 is 0 Å². The predicted octanol–water partition coefficient (Wildman–Crippen LogP) is 4.15. The molecule has 0 spiro atoms. The van der Waals surface area contributed by atoms with Gasteiger partial charge in [0.1, 0.15) is 0 Å². The van der Waals surface area contributed by atoms with Gasteiger partial charge < -0.3 is 10.1 Å². The lowest BCUT2D eigenvalue weighted by atomic mass is 10.2. The second-order valence-electron chi connectivity index (χ2n) is 6.55. The Bertz CT molecular complexity index is 1090. The number of rotatable bonds is 9. The van der Waals surface area contributed by atoms with Crippen molar-refractivity contribution in [2.45, 2.75) is 24.7 Å². The van der Waals surface area contributed by atoms with Gasteiger partial charge in [0, 0.05) is 36.9 Å². The third-order valence-corrected chi connectivity index (χ3v) is 5.81. The van der Waals surface area contributed by atoms with Gasteiger partial charge in [-0.2, -0.15) is 0 Å². The van der Waals surface area contributed by atoms with E-state index in [1.54, 1.807) is 42.0 Å². The van der Waals surface area contributed by atoms with Crippen LogP contribution in [0.1, 0.15) is 12.0 Å². The van der Waals surface area contributed by atoms with Crippen molar-refractivity contribution in [3.8, 4) is 0 Å². The van der Waals surface area contributed by atoms with Crippen LogP contribution in [0.15, 0.2) is 52.4 Å². The zero-order chi connectivity index (χ0) is 21.5. The van der Waals surface area contributed by atoms with Gasteiger partial charge in [-0.15, -0.1) is 0 Å². The normalized spacial score (nSPS) is 11.0. The first-order valence-corrected chi connectivity index (χ1v) is 11.0. The Hall–Kier alpha value is -2.06. The van der Waals surface area contributed by atoms with E-state index in [1.807, 2.05) is 12.1 Å². The quantitative estimate of drug-likeness (QED) is 0.292. The maximum Gasteiger partial charge on any atom is 0.262 e. The van der Waals surface area contributed by atoms with Crippen molar-refractivity contribution in [2.24, 2.45) is 0 Å². The third kappa shape index (κ3) is 5.98. The van der Waals surface area contributed by atoms with E-state index in [0.29, 0.717) is 52.2 Å². The van der Waals surface area contributed by atoms with E-state index in [1.165, 1.54) is 11.8 Å². The fraction of sp³-hybridized carbons (Fsp3) is 0.286. The highest BCUT2D eigenvalue weighted by molar-refractivity contribution is 7.99. The molecule has 0 fully saturated rings. The fourth-order valence-electron chi connectivity index (χ4n) is 2.83. The highest BCUT2D eigenvalue weighted by Gasteiger charge is 2.14. The zero-order valence-electron chi connectivity index (χ0n) is 16.4. The molecule has 6 nitrogen and oxygen atoms in total. The number of carbonyl (C=O) groups is 1. The van der Waals surface area contributed by atoms with Gasteiger partial charge in [-0.05, 0) is 42.3 Å². The molecule has 1 N–H and O–H groups in total. The Labute approximate surface area is 188 Å². The summed E-state index contributed by atoms with van der Waals surface area (Å²) < 4.78 is 6.68. The lowest BCUT2D eigenvalue weighted by molar-refractivity contribution is -0.118. The summed E-state index contributed by atoms with van der Waals surface area (Å²) in [5, 5.41) is 4.99. The van der Waals surface area contributed by atoms with Crippen molar-refractivity contribution in [3.05, 3.63) is 68.4 Å². The molecule has 1 aromatic heterocycles. The molecule has 9 heteroatoms. The summed E-state index contributed by atoms with van der Waals surface area (Å²) in [6.45, 7) is 1.38. The predicted molar refractivity (Wildman–Crippen MR) is 122 cm³/mol. The van der Waals surface area contributed by atoms with Crippen LogP contribution in [0.4, 0.5) is 0 Å². The van der Waals surface area contributed by atoms with Gasteiger partial charge in [-0.25, -0.2) is 4.98 Å². The summed E-state index contributed by atoms with van der Waals surface area (Å²) in [5.41, 5.74) is 1.31. The molecular weight excluding hydrogens is 445 g/mol. The molecule has 158 valence electrons. The van der Waals surface area contributed by atoms with E-state index >= 15 is 0 Å². The van der Waals surface area contributed by atoms with Crippen LogP contribution in [-0.2, 0) is 22.6 Å². The van der Waals surface area contributed by atoms with Crippen molar-refractivity contribution in [2.75, 3.05) is 19.5 Å². The minimum Gasteiger partial charge on any atom is -0.385 e. The molecule has 0 aliphatic rings. The van der Waals surface area contributed by atoms with Gasteiger partial charge in [0.15, 0.2) is 5.16 Å². The largest absolute Gasteiger partial charge is 0.385 e. The first-order chi connectivity index (χ1) is 14.5. The summed E-state index contributed by atoms with van der Waals surface area (Å²) in [5.74, 6) is -0.0186. The smallest absolute Gasteiger partial charge is 0.262 e. The third-order valence-electron chi connectivity index (χ3n) is 4.35. The van der Waals surface area contributed by atoms with Crippen LogP contribution in [0.25, 0.3) is 10.9 Å². The molecule has 0 aliphatic carbocycles. The monoisotopic (exact) mass is 465 g/mol. The molecule has 0 radical (unpaired) electrons. The molecule has 0 atom stereocenters. The van der Waals surface area contributed by atoms with E-state index in [9.17, 15) is 9.59 Å². The van der Waals surface area contributed by atoms with Crippen molar-refractivity contribution >= 4 is 51.8 Å². The average molecular weight is 466 g/mol. The van der Waals surface area contributed by atoms with Crippen molar-refractivity contribution in [3.63, 3.8) is 0 Å². The summed E-state index contributed by atoms with van der Waals surface area (Å²) in [4.78, 5) is 29.9. The second-order valence-corrected chi connectivity index (χ2v) is 8.37. The first-order valence-electron chi connectivity index (χ1n) is 9.31. The Kier molecular flexibility index (Phi) is 8.16. The minimum atomic E-state index is -0.156. The number of benzene rings is 2.